The minimum atomic E-state index is -2.65. The standard InChI is InChI=1S/C19H14ClF2N7O/c20-14-5-4-11(17-25-27-29(26-17)10-12-8-19(12,21)22)7-15(14)24-18(30)13-9-23-28-6-2-1-3-16(13)28/h1-7,9,12H,8,10H2,(H,24,30). The molecule has 152 valence electrons. The fourth-order valence-electron chi connectivity index (χ4n) is 3.16. The van der Waals surface area contributed by atoms with Crippen LogP contribution in [0.5, 0.6) is 0 Å². The summed E-state index contributed by atoms with van der Waals surface area (Å²) in [5.41, 5.74) is 1.96. The van der Waals surface area contributed by atoms with E-state index in [2.05, 4.69) is 25.8 Å². The third-order valence-corrected chi connectivity index (χ3v) is 5.27. The van der Waals surface area contributed by atoms with Crippen molar-refractivity contribution in [3.63, 3.8) is 0 Å². The van der Waals surface area contributed by atoms with Crippen LogP contribution in [0.15, 0.2) is 48.8 Å². The van der Waals surface area contributed by atoms with E-state index in [0.717, 1.165) is 4.80 Å². The highest BCUT2D eigenvalue weighted by molar-refractivity contribution is 6.34. The quantitative estimate of drug-likeness (QED) is 0.524. The Bertz CT molecular complexity index is 1270. The lowest BCUT2D eigenvalue weighted by atomic mass is 10.1. The topological polar surface area (TPSA) is 90.0 Å². The fraction of sp³-hybridized carbons (Fsp3) is 0.211. The zero-order valence-corrected chi connectivity index (χ0v) is 16.1. The summed E-state index contributed by atoms with van der Waals surface area (Å²) in [6.07, 6.45) is 3.06. The average molecular weight is 430 g/mol. The number of tetrazole rings is 1. The molecule has 1 saturated carbocycles. The zero-order chi connectivity index (χ0) is 20.9. The summed E-state index contributed by atoms with van der Waals surface area (Å²) in [4.78, 5) is 13.9. The van der Waals surface area contributed by atoms with Crippen LogP contribution in [0.25, 0.3) is 16.9 Å². The number of anilines is 1. The van der Waals surface area contributed by atoms with Crippen LogP contribution in [-0.2, 0) is 6.54 Å². The fourth-order valence-corrected chi connectivity index (χ4v) is 3.33. The number of fused-ring (bicyclic) bond motifs is 1. The van der Waals surface area contributed by atoms with Gasteiger partial charge in [-0.05, 0) is 35.5 Å². The number of hydrogen-bond acceptors (Lipinski definition) is 5. The smallest absolute Gasteiger partial charge is 0.259 e. The molecule has 1 unspecified atom stereocenters. The number of alkyl halides is 2. The number of carbonyl (C=O) groups excluding carboxylic acids is 1. The highest BCUT2D eigenvalue weighted by atomic mass is 35.5. The average Bonchev–Trinajstić information content (AvgIpc) is 3.11. The van der Waals surface area contributed by atoms with Crippen molar-refractivity contribution in [3.05, 3.63) is 59.4 Å². The molecule has 3 aromatic heterocycles. The van der Waals surface area contributed by atoms with Crippen molar-refractivity contribution < 1.29 is 13.6 Å². The second kappa shape index (κ2) is 6.84. The van der Waals surface area contributed by atoms with Crippen LogP contribution in [0.2, 0.25) is 5.02 Å². The van der Waals surface area contributed by atoms with Crippen molar-refractivity contribution in [2.24, 2.45) is 5.92 Å². The van der Waals surface area contributed by atoms with E-state index >= 15 is 0 Å². The molecule has 8 nitrogen and oxygen atoms in total. The number of hydrogen-bond donors (Lipinski definition) is 1. The Morgan fingerprint density at radius 1 is 1.30 bits per heavy atom. The Morgan fingerprint density at radius 2 is 2.13 bits per heavy atom. The van der Waals surface area contributed by atoms with E-state index in [9.17, 15) is 13.6 Å². The maximum absolute atomic E-state index is 13.1. The molecular weight excluding hydrogens is 416 g/mol. The Morgan fingerprint density at radius 3 is 2.93 bits per heavy atom. The molecule has 1 N–H and O–H groups in total. The molecule has 0 bridgehead atoms. The Balaban J connectivity index is 1.37. The summed E-state index contributed by atoms with van der Waals surface area (Å²) >= 11 is 6.24. The van der Waals surface area contributed by atoms with Gasteiger partial charge in [0.25, 0.3) is 11.8 Å². The van der Waals surface area contributed by atoms with Gasteiger partial charge in [-0.1, -0.05) is 17.7 Å². The predicted octanol–water partition coefficient (Wildman–Crippen LogP) is 3.55. The van der Waals surface area contributed by atoms with E-state index in [-0.39, 0.29) is 24.7 Å². The number of rotatable bonds is 5. The maximum atomic E-state index is 13.1. The Kier molecular flexibility index (Phi) is 4.24. The molecule has 5 rings (SSSR count). The lowest BCUT2D eigenvalue weighted by molar-refractivity contribution is 0.0929. The van der Waals surface area contributed by atoms with E-state index in [1.54, 1.807) is 35.0 Å². The van der Waals surface area contributed by atoms with Gasteiger partial charge in [0.1, 0.15) is 0 Å². The summed E-state index contributed by atoms with van der Waals surface area (Å²) in [6, 6.07) is 10.3. The van der Waals surface area contributed by atoms with E-state index < -0.39 is 11.8 Å². The van der Waals surface area contributed by atoms with Gasteiger partial charge in [0, 0.05) is 24.1 Å². The lowest BCUT2D eigenvalue weighted by Gasteiger charge is -2.08. The van der Waals surface area contributed by atoms with Crippen molar-refractivity contribution in [1.82, 2.24) is 29.8 Å². The maximum Gasteiger partial charge on any atom is 0.259 e. The third-order valence-electron chi connectivity index (χ3n) is 4.94. The molecule has 1 fully saturated rings. The van der Waals surface area contributed by atoms with Gasteiger partial charge in [0.2, 0.25) is 5.82 Å². The molecule has 1 amide bonds. The van der Waals surface area contributed by atoms with Crippen molar-refractivity contribution >= 4 is 28.7 Å². The monoisotopic (exact) mass is 429 g/mol. The normalized spacial score (nSPS) is 17.2. The second-order valence-corrected chi connectivity index (χ2v) is 7.47. The van der Waals surface area contributed by atoms with Crippen LogP contribution >= 0.6 is 11.6 Å². The SMILES string of the molecule is O=C(Nc1cc(-c2nnn(CC3CC3(F)F)n2)ccc1Cl)c1cnn2ccccc12. The molecule has 0 radical (unpaired) electrons. The highest BCUT2D eigenvalue weighted by Gasteiger charge is 2.57. The summed E-state index contributed by atoms with van der Waals surface area (Å²) in [5.74, 6) is -3.53. The first-order chi connectivity index (χ1) is 14.4. The third kappa shape index (κ3) is 3.39. The van der Waals surface area contributed by atoms with Crippen LogP contribution in [0.1, 0.15) is 16.8 Å². The van der Waals surface area contributed by atoms with Gasteiger partial charge in [-0.3, -0.25) is 4.79 Å². The molecular formula is C19H14ClF2N7O. The Hall–Kier alpha value is -3.40. The number of benzene rings is 1. The molecule has 30 heavy (non-hydrogen) atoms. The summed E-state index contributed by atoms with van der Waals surface area (Å²) < 4.78 is 27.8. The molecule has 1 aliphatic carbocycles. The molecule has 3 heterocycles. The van der Waals surface area contributed by atoms with Gasteiger partial charge in [-0.15, -0.1) is 10.2 Å². The van der Waals surface area contributed by atoms with E-state index in [1.165, 1.54) is 6.20 Å². The molecule has 4 aromatic rings. The van der Waals surface area contributed by atoms with Crippen molar-refractivity contribution in [2.75, 3.05) is 5.32 Å². The Labute approximate surface area is 173 Å². The van der Waals surface area contributed by atoms with E-state index in [0.29, 0.717) is 27.4 Å². The van der Waals surface area contributed by atoms with E-state index in [4.69, 9.17) is 11.6 Å². The van der Waals surface area contributed by atoms with Crippen LogP contribution in [0.4, 0.5) is 14.5 Å². The van der Waals surface area contributed by atoms with Gasteiger partial charge >= 0.3 is 0 Å². The van der Waals surface area contributed by atoms with Gasteiger partial charge in [0.05, 0.1) is 34.5 Å². The molecule has 0 aliphatic heterocycles. The summed E-state index contributed by atoms with van der Waals surface area (Å²) in [7, 11) is 0. The van der Waals surface area contributed by atoms with Crippen molar-refractivity contribution in [2.45, 2.75) is 18.9 Å². The number of aromatic nitrogens is 6. The minimum absolute atomic E-state index is 0.00587. The predicted molar refractivity (Wildman–Crippen MR) is 104 cm³/mol. The first kappa shape index (κ1) is 18.6. The second-order valence-electron chi connectivity index (χ2n) is 7.07. The largest absolute Gasteiger partial charge is 0.320 e. The van der Waals surface area contributed by atoms with Crippen LogP contribution in [0.3, 0.4) is 0 Å². The van der Waals surface area contributed by atoms with Crippen LogP contribution in [0, 0.1) is 5.92 Å². The zero-order valence-electron chi connectivity index (χ0n) is 15.3. The molecule has 11 heteroatoms. The number of pyridine rings is 1. The van der Waals surface area contributed by atoms with Crippen LogP contribution in [-0.4, -0.2) is 41.7 Å². The summed E-state index contributed by atoms with van der Waals surface area (Å²) in [5, 5.41) is 19.2. The first-order valence-corrected chi connectivity index (χ1v) is 9.48. The number of nitrogens with zero attached hydrogens (tertiary/aromatic N) is 6. The molecule has 1 atom stereocenters. The molecule has 1 aliphatic rings. The minimum Gasteiger partial charge on any atom is -0.320 e. The molecule has 1 aromatic carbocycles. The van der Waals surface area contributed by atoms with Gasteiger partial charge < -0.3 is 5.32 Å². The first-order valence-electron chi connectivity index (χ1n) is 9.10. The van der Waals surface area contributed by atoms with E-state index in [1.807, 2.05) is 12.1 Å². The van der Waals surface area contributed by atoms with Crippen LogP contribution < -0.4 is 5.32 Å². The number of carbonyl (C=O) groups is 1. The molecule has 0 saturated heterocycles. The highest BCUT2D eigenvalue weighted by Crippen LogP contribution is 2.49. The number of amides is 1. The van der Waals surface area contributed by atoms with Gasteiger partial charge in [-0.2, -0.15) is 9.90 Å². The molecule has 0 spiro atoms. The van der Waals surface area contributed by atoms with Crippen molar-refractivity contribution in [3.8, 4) is 11.4 Å². The van der Waals surface area contributed by atoms with Gasteiger partial charge in [-0.25, -0.2) is 13.3 Å². The summed E-state index contributed by atoms with van der Waals surface area (Å²) in [6.45, 7) is 0.00587. The van der Waals surface area contributed by atoms with Gasteiger partial charge in [0.15, 0.2) is 0 Å². The number of nitrogens with one attached hydrogen (secondary N) is 1. The lowest BCUT2D eigenvalue weighted by Crippen LogP contribution is -2.12. The number of halogens is 3. The van der Waals surface area contributed by atoms with Crippen molar-refractivity contribution in [1.29, 1.82) is 0 Å².